The summed E-state index contributed by atoms with van der Waals surface area (Å²) in [5.74, 6) is -0.308. The van der Waals surface area contributed by atoms with Crippen molar-refractivity contribution in [3.63, 3.8) is 0 Å². The van der Waals surface area contributed by atoms with Crippen LogP contribution in [0.1, 0.15) is 24.8 Å². The van der Waals surface area contributed by atoms with Crippen LogP contribution in [0.2, 0.25) is 5.02 Å². The van der Waals surface area contributed by atoms with E-state index >= 15 is 0 Å². The zero-order valence-electron chi connectivity index (χ0n) is 8.19. The molecule has 1 fully saturated rings. The number of halogens is 3. The van der Waals surface area contributed by atoms with Crippen LogP contribution >= 0.6 is 27.5 Å². The topological polar surface area (TPSA) is 26.0 Å². The zero-order chi connectivity index (χ0) is 11.1. The zero-order valence-corrected chi connectivity index (χ0v) is 10.5. The van der Waals surface area contributed by atoms with Crippen LogP contribution in [0.4, 0.5) is 4.39 Å². The van der Waals surface area contributed by atoms with Gasteiger partial charge in [0.05, 0.1) is 9.50 Å². The monoisotopic (exact) mass is 291 g/mol. The molecule has 0 spiro atoms. The summed E-state index contributed by atoms with van der Waals surface area (Å²) in [6.45, 7) is 0.560. The first-order valence-corrected chi connectivity index (χ1v) is 6.11. The third kappa shape index (κ3) is 1.81. The second-order valence-electron chi connectivity index (χ2n) is 4.09. The SMILES string of the molecule is NCC1(c2cc(F)c(Br)c(Cl)c2)CCC1. The van der Waals surface area contributed by atoms with Gasteiger partial charge in [-0.3, -0.25) is 0 Å². The van der Waals surface area contributed by atoms with Gasteiger partial charge in [-0.25, -0.2) is 4.39 Å². The van der Waals surface area contributed by atoms with Crippen LogP contribution in [-0.4, -0.2) is 6.54 Å². The highest BCUT2D eigenvalue weighted by molar-refractivity contribution is 9.10. The highest BCUT2D eigenvalue weighted by Crippen LogP contribution is 2.44. The van der Waals surface area contributed by atoms with Gasteiger partial charge in [0.15, 0.2) is 0 Å². The van der Waals surface area contributed by atoms with Crippen LogP contribution in [0, 0.1) is 5.82 Å². The first-order valence-electron chi connectivity index (χ1n) is 4.94. The molecule has 0 heterocycles. The maximum Gasteiger partial charge on any atom is 0.139 e. The first-order chi connectivity index (χ1) is 7.09. The standard InChI is InChI=1S/C11H12BrClFN/c12-10-8(13)4-7(5-9(10)14)11(6-15)2-1-3-11/h4-5H,1-3,6,15H2. The molecule has 82 valence electrons. The van der Waals surface area contributed by atoms with E-state index < -0.39 is 0 Å². The van der Waals surface area contributed by atoms with Gasteiger partial charge in [0, 0.05) is 12.0 Å². The number of rotatable bonds is 2. The predicted molar refractivity (Wildman–Crippen MR) is 63.7 cm³/mol. The summed E-state index contributed by atoms with van der Waals surface area (Å²) >= 11 is 9.04. The summed E-state index contributed by atoms with van der Waals surface area (Å²) in [6.07, 6.45) is 3.22. The molecule has 1 nitrogen and oxygen atoms in total. The van der Waals surface area contributed by atoms with Gasteiger partial charge in [0.2, 0.25) is 0 Å². The average molecular weight is 293 g/mol. The van der Waals surface area contributed by atoms with Crippen LogP contribution in [-0.2, 0) is 5.41 Å². The highest BCUT2D eigenvalue weighted by Gasteiger charge is 2.37. The van der Waals surface area contributed by atoms with E-state index in [4.69, 9.17) is 17.3 Å². The van der Waals surface area contributed by atoms with Gasteiger partial charge in [0.1, 0.15) is 5.82 Å². The molecule has 1 aliphatic carbocycles. The Morgan fingerprint density at radius 1 is 1.47 bits per heavy atom. The molecule has 1 aliphatic rings. The third-order valence-electron chi connectivity index (χ3n) is 3.30. The van der Waals surface area contributed by atoms with Crippen LogP contribution in [0.5, 0.6) is 0 Å². The normalized spacial score (nSPS) is 18.7. The summed E-state index contributed by atoms with van der Waals surface area (Å²) in [4.78, 5) is 0. The van der Waals surface area contributed by atoms with Crippen LogP contribution in [0.25, 0.3) is 0 Å². The molecule has 1 aromatic rings. The van der Waals surface area contributed by atoms with Gasteiger partial charge in [-0.05, 0) is 46.5 Å². The molecule has 0 saturated heterocycles. The molecule has 1 aromatic carbocycles. The van der Waals surface area contributed by atoms with Crippen molar-refractivity contribution in [2.45, 2.75) is 24.7 Å². The lowest BCUT2D eigenvalue weighted by Crippen LogP contribution is -2.41. The van der Waals surface area contributed by atoms with E-state index in [1.807, 2.05) is 6.07 Å². The summed E-state index contributed by atoms with van der Waals surface area (Å²) in [7, 11) is 0. The molecule has 2 rings (SSSR count). The minimum atomic E-state index is -0.308. The van der Waals surface area contributed by atoms with Crippen molar-refractivity contribution in [2.75, 3.05) is 6.54 Å². The smallest absolute Gasteiger partial charge is 0.139 e. The lowest BCUT2D eigenvalue weighted by molar-refractivity contribution is 0.252. The fourth-order valence-corrected chi connectivity index (χ4v) is 2.51. The van der Waals surface area contributed by atoms with E-state index in [9.17, 15) is 4.39 Å². The maximum atomic E-state index is 13.5. The van der Waals surface area contributed by atoms with Crippen LogP contribution in [0.15, 0.2) is 16.6 Å². The largest absolute Gasteiger partial charge is 0.330 e. The Kier molecular flexibility index (Phi) is 3.06. The molecule has 15 heavy (non-hydrogen) atoms. The number of hydrogen-bond acceptors (Lipinski definition) is 1. The van der Waals surface area contributed by atoms with Gasteiger partial charge < -0.3 is 5.73 Å². The highest BCUT2D eigenvalue weighted by atomic mass is 79.9. The Hall–Kier alpha value is -0.120. The summed E-state index contributed by atoms with van der Waals surface area (Å²) in [6, 6.07) is 3.36. The van der Waals surface area contributed by atoms with Gasteiger partial charge in [-0.1, -0.05) is 18.0 Å². The Balaban J connectivity index is 2.45. The Labute approximate surface area is 102 Å². The molecular formula is C11H12BrClFN. The lowest BCUT2D eigenvalue weighted by Gasteiger charge is -2.41. The molecule has 0 unspecified atom stereocenters. The van der Waals surface area contributed by atoms with Gasteiger partial charge in [-0.2, -0.15) is 0 Å². The van der Waals surface area contributed by atoms with E-state index in [1.165, 1.54) is 0 Å². The molecule has 1 saturated carbocycles. The summed E-state index contributed by atoms with van der Waals surface area (Å²) in [5.41, 5.74) is 6.66. The first kappa shape index (κ1) is 11.4. The molecule has 0 aliphatic heterocycles. The molecule has 0 bridgehead atoms. The Bertz CT molecular complexity index is 362. The molecule has 0 aromatic heterocycles. The Morgan fingerprint density at radius 3 is 2.53 bits per heavy atom. The fraction of sp³-hybridized carbons (Fsp3) is 0.455. The van der Waals surface area contributed by atoms with Crippen molar-refractivity contribution in [1.29, 1.82) is 0 Å². The van der Waals surface area contributed by atoms with Crippen molar-refractivity contribution in [3.8, 4) is 0 Å². The van der Waals surface area contributed by atoms with E-state index in [1.54, 1.807) is 6.07 Å². The minimum absolute atomic E-state index is 0.0365. The van der Waals surface area contributed by atoms with Crippen LogP contribution in [0.3, 0.4) is 0 Å². The van der Waals surface area contributed by atoms with Gasteiger partial charge in [-0.15, -0.1) is 0 Å². The molecule has 0 atom stereocenters. The van der Waals surface area contributed by atoms with Crippen molar-refractivity contribution in [1.82, 2.24) is 0 Å². The molecule has 2 N–H and O–H groups in total. The van der Waals surface area contributed by atoms with E-state index in [0.717, 1.165) is 24.8 Å². The van der Waals surface area contributed by atoms with Crippen molar-refractivity contribution >= 4 is 27.5 Å². The Morgan fingerprint density at radius 2 is 2.13 bits per heavy atom. The summed E-state index contributed by atoms with van der Waals surface area (Å²) < 4.78 is 13.8. The predicted octanol–water partition coefficient (Wildman–Crippen LogP) is 3.62. The minimum Gasteiger partial charge on any atom is -0.330 e. The third-order valence-corrected chi connectivity index (χ3v) is 4.63. The molecule has 0 radical (unpaired) electrons. The molecular weight excluding hydrogens is 280 g/mol. The van der Waals surface area contributed by atoms with Crippen molar-refractivity contribution in [3.05, 3.63) is 33.0 Å². The lowest BCUT2D eigenvalue weighted by atomic mass is 9.64. The number of benzene rings is 1. The average Bonchev–Trinajstić information content (AvgIpc) is 2.13. The van der Waals surface area contributed by atoms with E-state index in [0.29, 0.717) is 16.0 Å². The van der Waals surface area contributed by atoms with Gasteiger partial charge in [0.25, 0.3) is 0 Å². The fourth-order valence-electron chi connectivity index (χ4n) is 2.08. The quantitative estimate of drug-likeness (QED) is 0.828. The van der Waals surface area contributed by atoms with Crippen LogP contribution < -0.4 is 5.73 Å². The number of nitrogens with two attached hydrogens (primary N) is 1. The van der Waals surface area contributed by atoms with E-state index in [2.05, 4.69) is 15.9 Å². The summed E-state index contributed by atoms with van der Waals surface area (Å²) in [5, 5.41) is 0.421. The maximum absolute atomic E-state index is 13.5. The van der Waals surface area contributed by atoms with Gasteiger partial charge >= 0.3 is 0 Å². The van der Waals surface area contributed by atoms with Crippen molar-refractivity contribution < 1.29 is 4.39 Å². The second kappa shape index (κ2) is 4.04. The second-order valence-corrected chi connectivity index (χ2v) is 5.29. The number of hydrogen-bond donors (Lipinski definition) is 1. The molecule has 0 amide bonds. The van der Waals surface area contributed by atoms with E-state index in [-0.39, 0.29) is 11.2 Å². The molecule has 4 heteroatoms. The van der Waals surface area contributed by atoms with Crippen molar-refractivity contribution in [2.24, 2.45) is 5.73 Å².